The second kappa shape index (κ2) is 3.80. The van der Waals surface area contributed by atoms with Crippen molar-refractivity contribution in [1.82, 2.24) is 4.98 Å². The molecule has 0 aliphatic rings. The first-order valence-electron chi connectivity index (χ1n) is 4.85. The lowest BCUT2D eigenvalue weighted by Crippen LogP contribution is -2.03. The Bertz CT molecular complexity index is 422. The molecule has 0 saturated carbocycles. The molecule has 0 aromatic carbocycles. The van der Waals surface area contributed by atoms with Crippen molar-refractivity contribution in [2.45, 2.75) is 19.3 Å². The minimum Gasteiger partial charge on any atom is -0.446 e. The van der Waals surface area contributed by atoms with E-state index in [4.69, 9.17) is 10.2 Å². The highest BCUT2D eigenvalue weighted by Crippen LogP contribution is 2.27. The number of aromatic nitrogens is 1. The normalized spacial score (nSPS) is 13.3. The zero-order chi connectivity index (χ0) is 9.97. The second-order valence-electron chi connectivity index (χ2n) is 3.53. The maximum atomic E-state index is 5.53. The molecule has 0 aliphatic carbocycles. The van der Waals surface area contributed by atoms with Gasteiger partial charge >= 0.3 is 0 Å². The summed E-state index contributed by atoms with van der Waals surface area (Å²) in [7, 11) is 0. The highest BCUT2D eigenvalue weighted by molar-refractivity contribution is 5.77. The first-order valence-corrected chi connectivity index (χ1v) is 4.85. The summed E-state index contributed by atoms with van der Waals surface area (Å²) in [6, 6.07) is 3.96. The maximum Gasteiger partial charge on any atom is 0.226 e. The van der Waals surface area contributed by atoms with E-state index < -0.39 is 0 Å². The third kappa shape index (κ3) is 1.51. The number of furan rings is 1. The topological polar surface area (TPSA) is 52.0 Å². The quantitative estimate of drug-likeness (QED) is 0.807. The summed E-state index contributed by atoms with van der Waals surface area (Å²) in [5.74, 6) is 0.436. The molecular weight excluding hydrogens is 176 g/mol. The van der Waals surface area contributed by atoms with Gasteiger partial charge in [0.05, 0.1) is 6.26 Å². The molecule has 3 nitrogen and oxygen atoms in total. The van der Waals surface area contributed by atoms with Gasteiger partial charge in [-0.05, 0) is 31.0 Å². The van der Waals surface area contributed by atoms with Crippen LogP contribution in [0.5, 0.6) is 0 Å². The lowest BCUT2D eigenvalue weighted by atomic mass is 9.98. The highest BCUT2D eigenvalue weighted by atomic mass is 16.3. The lowest BCUT2D eigenvalue weighted by Gasteiger charge is -2.06. The molecule has 2 aromatic heterocycles. The zero-order valence-corrected chi connectivity index (χ0v) is 8.23. The van der Waals surface area contributed by atoms with Crippen LogP contribution in [0.2, 0.25) is 0 Å². The van der Waals surface area contributed by atoms with Gasteiger partial charge in [0.15, 0.2) is 0 Å². The van der Waals surface area contributed by atoms with E-state index >= 15 is 0 Å². The van der Waals surface area contributed by atoms with Gasteiger partial charge in [0, 0.05) is 17.1 Å². The van der Waals surface area contributed by atoms with E-state index in [0.29, 0.717) is 18.2 Å². The summed E-state index contributed by atoms with van der Waals surface area (Å²) in [6.07, 6.45) is 4.50. The van der Waals surface area contributed by atoms with Crippen molar-refractivity contribution in [2.75, 3.05) is 6.54 Å². The maximum absolute atomic E-state index is 5.53. The van der Waals surface area contributed by atoms with Crippen LogP contribution in [0.3, 0.4) is 0 Å². The Kier molecular flexibility index (Phi) is 2.50. The van der Waals surface area contributed by atoms with Gasteiger partial charge in [-0.3, -0.25) is 0 Å². The van der Waals surface area contributed by atoms with Gasteiger partial charge in [-0.15, -0.1) is 0 Å². The molecule has 2 rings (SSSR count). The van der Waals surface area contributed by atoms with Crippen LogP contribution in [0.25, 0.3) is 11.1 Å². The minimum absolute atomic E-state index is 0.436. The van der Waals surface area contributed by atoms with Crippen molar-refractivity contribution in [1.29, 1.82) is 0 Å². The summed E-state index contributed by atoms with van der Waals surface area (Å²) >= 11 is 0. The van der Waals surface area contributed by atoms with Gasteiger partial charge in [-0.25, -0.2) is 4.98 Å². The molecule has 0 radical (unpaired) electrons. The van der Waals surface area contributed by atoms with E-state index in [1.807, 2.05) is 12.1 Å². The summed E-state index contributed by atoms with van der Waals surface area (Å²) in [5.41, 5.74) is 7.45. The molecule has 14 heavy (non-hydrogen) atoms. The van der Waals surface area contributed by atoms with Crippen molar-refractivity contribution < 1.29 is 4.42 Å². The van der Waals surface area contributed by atoms with Crippen LogP contribution < -0.4 is 5.73 Å². The van der Waals surface area contributed by atoms with E-state index in [1.54, 1.807) is 12.5 Å². The molecule has 3 heteroatoms. The summed E-state index contributed by atoms with van der Waals surface area (Å²) in [4.78, 5) is 4.15. The Balaban J connectivity index is 2.42. The van der Waals surface area contributed by atoms with Crippen molar-refractivity contribution >= 4 is 11.1 Å². The Morgan fingerprint density at radius 2 is 2.43 bits per heavy atom. The van der Waals surface area contributed by atoms with Gasteiger partial charge in [-0.1, -0.05) is 6.92 Å². The average Bonchev–Trinajstić information content (AvgIpc) is 2.61. The predicted molar refractivity (Wildman–Crippen MR) is 56.1 cm³/mol. The fourth-order valence-corrected chi connectivity index (χ4v) is 1.67. The number of hydrogen-bond acceptors (Lipinski definition) is 3. The summed E-state index contributed by atoms with van der Waals surface area (Å²) < 4.78 is 5.36. The molecular formula is C11H14N2O. The van der Waals surface area contributed by atoms with Gasteiger partial charge < -0.3 is 10.2 Å². The molecule has 0 bridgehead atoms. The van der Waals surface area contributed by atoms with Crippen LogP contribution in [-0.2, 0) is 0 Å². The number of nitrogens with zero attached hydrogens (tertiary/aromatic N) is 1. The molecule has 0 saturated heterocycles. The first kappa shape index (κ1) is 9.21. The van der Waals surface area contributed by atoms with E-state index in [9.17, 15) is 0 Å². The monoisotopic (exact) mass is 190 g/mol. The van der Waals surface area contributed by atoms with Crippen LogP contribution in [0.15, 0.2) is 29.0 Å². The van der Waals surface area contributed by atoms with Gasteiger partial charge in [-0.2, -0.15) is 0 Å². The highest BCUT2D eigenvalue weighted by Gasteiger charge is 2.11. The molecule has 0 fully saturated rings. The fourth-order valence-electron chi connectivity index (χ4n) is 1.67. The molecule has 0 spiro atoms. The SMILES string of the molecule is CC(CCN)c1coc2ncccc12. The van der Waals surface area contributed by atoms with E-state index in [-0.39, 0.29) is 0 Å². The minimum atomic E-state index is 0.436. The Morgan fingerprint density at radius 1 is 1.57 bits per heavy atom. The Morgan fingerprint density at radius 3 is 3.21 bits per heavy atom. The largest absolute Gasteiger partial charge is 0.446 e. The van der Waals surface area contributed by atoms with Gasteiger partial charge in [0.1, 0.15) is 0 Å². The fraction of sp³-hybridized carbons (Fsp3) is 0.364. The smallest absolute Gasteiger partial charge is 0.226 e. The Labute approximate surface area is 82.9 Å². The zero-order valence-electron chi connectivity index (χ0n) is 8.23. The molecule has 0 aliphatic heterocycles. The van der Waals surface area contributed by atoms with E-state index in [2.05, 4.69) is 11.9 Å². The second-order valence-corrected chi connectivity index (χ2v) is 3.53. The summed E-state index contributed by atoms with van der Waals surface area (Å²) in [6.45, 7) is 2.86. The first-order chi connectivity index (χ1) is 6.83. The van der Waals surface area contributed by atoms with Gasteiger partial charge in [0.2, 0.25) is 5.71 Å². The van der Waals surface area contributed by atoms with Crippen molar-refractivity contribution in [2.24, 2.45) is 5.73 Å². The molecule has 1 unspecified atom stereocenters. The van der Waals surface area contributed by atoms with Gasteiger partial charge in [0.25, 0.3) is 0 Å². The molecule has 1 atom stereocenters. The number of pyridine rings is 1. The lowest BCUT2D eigenvalue weighted by molar-refractivity contribution is 0.587. The van der Waals surface area contributed by atoms with Crippen LogP contribution in [0.1, 0.15) is 24.8 Å². The van der Waals surface area contributed by atoms with Crippen LogP contribution in [0, 0.1) is 0 Å². The van der Waals surface area contributed by atoms with Crippen LogP contribution >= 0.6 is 0 Å². The molecule has 74 valence electrons. The number of hydrogen-bond donors (Lipinski definition) is 1. The third-order valence-electron chi connectivity index (χ3n) is 2.51. The van der Waals surface area contributed by atoms with E-state index in [1.165, 1.54) is 5.56 Å². The predicted octanol–water partition coefficient (Wildman–Crippen LogP) is 2.28. The number of rotatable bonds is 3. The molecule has 2 heterocycles. The van der Waals surface area contributed by atoms with Crippen molar-refractivity contribution in [3.8, 4) is 0 Å². The van der Waals surface area contributed by atoms with Crippen LogP contribution in [0.4, 0.5) is 0 Å². The van der Waals surface area contributed by atoms with Crippen LogP contribution in [-0.4, -0.2) is 11.5 Å². The summed E-state index contributed by atoms with van der Waals surface area (Å²) in [5, 5.41) is 1.11. The van der Waals surface area contributed by atoms with Crippen molar-refractivity contribution in [3.05, 3.63) is 30.2 Å². The third-order valence-corrected chi connectivity index (χ3v) is 2.51. The van der Waals surface area contributed by atoms with Crippen molar-refractivity contribution in [3.63, 3.8) is 0 Å². The Hall–Kier alpha value is -1.35. The number of nitrogens with two attached hydrogens (primary N) is 1. The number of fused-ring (bicyclic) bond motifs is 1. The molecule has 2 N–H and O–H groups in total. The average molecular weight is 190 g/mol. The standard InChI is InChI=1S/C11H14N2O/c1-8(4-5-12)10-7-14-11-9(10)3-2-6-13-11/h2-3,6-8H,4-5,12H2,1H3. The molecule has 0 amide bonds. The van der Waals surface area contributed by atoms with E-state index in [0.717, 1.165) is 11.8 Å². The molecule has 2 aromatic rings.